The molecular formula is C20H22F2N4O. The van der Waals surface area contributed by atoms with E-state index < -0.39 is 6.43 Å². The minimum Gasteiger partial charge on any atom is -0.352 e. The standard InChI is InChI=1S/C20H22F2N4O/c1-2-3-4-8-11-23-20(27)15-13-24-26-17(18(21)22)12-16(25-19(15)26)14-9-6-5-7-10-14/h5-7,9-10,12-13,18H,2-4,8,11H2,1H3,(H,23,27). The van der Waals surface area contributed by atoms with E-state index in [0.717, 1.165) is 30.2 Å². The number of carbonyl (C=O) groups is 1. The van der Waals surface area contributed by atoms with Crippen molar-refractivity contribution >= 4 is 11.6 Å². The van der Waals surface area contributed by atoms with Crippen molar-refractivity contribution in [2.45, 2.75) is 39.0 Å². The molecule has 0 aliphatic carbocycles. The highest BCUT2D eigenvalue weighted by Crippen LogP contribution is 2.26. The summed E-state index contributed by atoms with van der Waals surface area (Å²) in [5, 5.41) is 6.79. The third-order valence-electron chi connectivity index (χ3n) is 4.35. The van der Waals surface area contributed by atoms with E-state index in [2.05, 4.69) is 22.3 Å². The number of benzene rings is 1. The summed E-state index contributed by atoms with van der Waals surface area (Å²) in [6.45, 7) is 2.66. The lowest BCUT2D eigenvalue weighted by atomic mass is 10.1. The second-order valence-corrected chi connectivity index (χ2v) is 6.34. The molecule has 1 N–H and O–H groups in total. The molecule has 0 bridgehead atoms. The van der Waals surface area contributed by atoms with Crippen LogP contribution in [-0.4, -0.2) is 27.0 Å². The molecule has 0 radical (unpaired) electrons. The topological polar surface area (TPSA) is 59.3 Å². The van der Waals surface area contributed by atoms with Crippen LogP contribution in [0.15, 0.2) is 42.6 Å². The number of aromatic nitrogens is 3. The lowest BCUT2D eigenvalue weighted by Crippen LogP contribution is -2.24. The van der Waals surface area contributed by atoms with E-state index in [1.807, 2.05) is 18.2 Å². The van der Waals surface area contributed by atoms with Crippen molar-refractivity contribution in [3.8, 4) is 11.3 Å². The number of halogens is 2. The Hall–Kier alpha value is -2.83. The molecule has 0 spiro atoms. The predicted octanol–water partition coefficient (Wildman–Crippen LogP) is 4.64. The molecule has 142 valence electrons. The first-order valence-corrected chi connectivity index (χ1v) is 9.12. The van der Waals surface area contributed by atoms with Crippen LogP contribution in [0.1, 0.15) is 55.1 Å². The summed E-state index contributed by atoms with van der Waals surface area (Å²) in [4.78, 5) is 16.9. The van der Waals surface area contributed by atoms with Crippen LogP contribution in [0.4, 0.5) is 8.78 Å². The molecule has 3 aromatic rings. The Morgan fingerprint density at radius 1 is 1.19 bits per heavy atom. The van der Waals surface area contributed by atoms with E-state index in [1.54, 1.807) is 12.1 Å². The molecule has 0 atom stereocenters. The van der Waals surface area contributed by atoms with Crippen molar-refractivity contribution in [3.63, 3.8) is 0 Å². The van der Waals surface area contributed by atoms with Gasteiger partial charge >= 0.3 is 0 Å². The van der Waals surface area contributed by atoms with Crippen molar-refractivity contribution in [2.24, 2.45) is 0 Å². The summed E-state index contributed by atoms with van der Waals surface area (Å²) >= 11 is 0. The van der Waals surface area contributed by atoms with Crippen LogP contribution in [0.3, 0.4) is 0 Å². The van der Waals surface area contributed by atoms with E-state index in [1.165, 1.54) is 12.3 Å². The van der Waals surface area contributed by atoms with Gasteiger partial charge in [-0.25, -0.2) is 18.3 Å². The summed E-state index contributed by atoms with van der Waals surface area (Å²) in [6.07, 6.45) is 2.71. The van der Waals surface area contributed by atoms with Gasteiger partial charge in [-0.1, -0.05) is 56.5 Å². The molecule has 2 heterocycles. The van der Waals surface area contributed by atoms with Gasteiger partial charge < -0.3 is 5.32 Å². The summed E-state index contributed by atoms with van der Waals surface area (Å²) in [5.41, 5.74) is 1.13. The van der Waals surface area contributed by atoms with E-state index in [-0.39, 0.29) is 22.8 Å². The third-order valence-corrected chi connectivity index (χ3v) is 4.35. The Morgan fingerprint density at radius 3 is 2.67 bits per heavy atom. The average Bonchev–Trinajstić information content (AvgIpc) is 3.11. The van der Waals surface area contributed by atoms with Gasteiger partial charge in [-0.15, -0.1) is 0 Å². The number of nitrogens with one attached hydrogen (secondary N) is 1. The van der Waals surface area contributed by atoms with Gasteiger partial charge in [0.05, 0.1) is 11.9 Å². The predicted molar refractivity (Wildman–Crippen MR) is 99.9 cm³/mol. The minimum absolute atomic E-state index is 0.137. The highest BCUT2D eigenvalue weighted by atomic mass is 19.3. The number of fused-ring (bicyclic) bond motifs is 1. The van der Waals surface area contributed by atoms with E-state index >= 15 is 0 Å². The molecule has 0 aliphatic heterocycles. The molecule has 2 aromatic heterocycles. The van der Waals surface area contributed by atoms with E-state index in [4.69, 9.17) is 0 Å². The number of rotatable bonds is 8. The van der Waals surface area contributed by atoms with Crippen molar-refractivity contribution in [2.75, 3.05) is 6.54 Å². The van der Waals surface area contributed by atoms with Gasteiger partial charge in [0.15, 0.2) is 5.65 Å². The van der Waals surface area contributed by atoms with Gasteiger partial charge in [-0.05, 0) is 12.5 Å². The lowest BCUT2D eigenvalue weighted by Gasteiger charge is -2.09. The molecule has 0 fully saturated rings. The molecule has 7 heteroatoms. The second kappa shape index (κ2) is 8.70. The summed E-state index contributed by atoms with van der Waals surface area (Å²) in [7, 11) is 0. The molecule has 0 unspecified atom stereocenters. The maximum Gasteiger partial charge on any atom is 0.280 e. The number of hydrogen-bond acceptors (Lipinski definition) is 3. The van der Waals surface area contributed by atoms with Crippen LogP contribution in [0.25, 0.3) is 16.9 Å². The highest BCUT2D eigenvalue weighted by Gasteiger charge is 2.21. The Bertz CT molecular complexity index is 909. The molecule has 0 saturated heterocycles. The van der Waals surface area contributed by atoms with E-state index in [0.29, 0.717) is 17.8 Å². The smallest absolute Gasteiger partial charge is 0.280 e. The van der Waals surface area contributed by atoms with Gasteiger partial charge in [0.2, 0.25) is 0 Å². The zero-order chi connectivity index (χ0) is 19.2. The van der Waals surface area contributed by atoms with Gasteiger partial charge in [0.1, 0.15) is 11.3 Å². The quantitative estimate of drug-likeness (QED) is 0.586. The van der Waals surface area contributed by atoms with Crippen LogP contribution in [0.5, 0.6) is 0 Å². The van der Waals surface area contributed by atoms with Crippen molar-refractivity contribution in [3.05, 3.63) is 53.9 Å². The molecule has 0 aliphatic rings. The van der Waals surface area contributed by atoms with Gasteiger partial charge in [-0.3, -0.25) is 4.79 Å². The van der Waals surface area contributed by atoms with Crippen molar-refractivity contribution in [1.29, 1.82) is 0 Å². The molecule has 0 saturated carbocycles. The molecule has 27 heavy (non-hydrogen) atoms. The Balaban J connectivity index is 1.93. The number of carbonyl (C=O) groups excluding carboxylic acids is 1. The Labute approximate surface area is 156 Å². The van der Waals surface area contributed by atoms with Gasteiger partial charge in [0.25, 0.3) is 12.3 Å². The zero-order valence-electron chi connectivity index (χ0n) is 15.2. The van der Waals surface area contributed by atoms with Crippen LogP contribution >= 0.6 is 0 Å². The average molecular weight is 372 g/mol. The SMILES string of the molecule is CCCCCCNC(=O)c1cnn2c(C(F)F)cc(-c3ccccc3)nc12. The summed E-state index contributed by atoms with van der Waals surface area (Å²) in [6, 6.07) is 10.3. The summed E-state index contributed by atoms with van der Waals surface area (Å²) in [5.74, 6) is -0.348. The minimum atomic E-state index is -2.73. The lowest BCUT2D eigenvalue weighted by molar-refractivity contribution is 0.0954. The normalized spacial score (nSPS) is 11.3. The fourth-order valence-corrected chi connectivity index (χ4v) is 2.91. The monoisotopic (exact) mass is 372 g/mol. The Kier molecular flexibility index (Phi) is 6.11. The van der Waals surface area contributed by atoms with Crippen LogP contribution in [-0.2, 0) is 0 Å². The van der Waals surface area contributed by atoms with Crippen molar-refractivity contribution in [1.82, 2.24) is 19.9 Å². The number of hydrogen-bond donors (Lipinski definition) is 1. The van der Waals surface area contributed by atoms with Crippen molar-refractivity contribution < 1.29 is 13.6 Å². The maximum absolute atomic E-state index is 13.5. The zero-order valence-corrected chi connectivity index (χ0v) is 15.2. The third kappa shape index (κ3) is 4.30. The number of nitrogens with zero attached hydrogens (tertiary/aromatic N) is 3. The first-order valence-electron chi connectivity index (χ1n) is 9.12. The van der Waals surface area contributed by atoms with Crippen LogP contribution < -0.4 is 5.32 Å². The maximum atomic E-state index is 13.5. The highest BCUT2D eigenvalue weighted by molar-refractivity contribution is 5.99. The molecule has 5 nitrogen and oxygen atoms in total. The van der Waals surface area contributed by atoms with Gasteiger partial charge in [-0.2, -0.15) is 5.10 Å². The molecular weight excluding hydrogens is 350 g/mol. The number of amides is 1. The van der Waals surface area contributed by atoms with E-state index in [9.17, 15) is 13.6 Å². The fraction of sp³-hybridized carbons (Fsp3) is 0.350. The number of alkyl halides is 2. The second-order valence-electron chi connectivity index (χ2n) is 6.34. The first-order chi connectivity index (χ1) is 13.1. The van der Waals surface area contributed by atoms with Crippen LogP contribution in [0.2, 0.25) is 0 Å². The van der Waals surface area contributed by atoms with Gasteiger partial charge in [0, 0.05) is 12.1 Å². The number of unbranched alkanes of at least 4 members (excludes halogenated alkanes) is 3. The molecule has 1 amide bonds. The Morgan fingerprint density at radius 2 is 1.96 bits per heavy atom. The molecule has 1 aromatic carbocycles. The van der Waals surface area contributed by atoms with Crippen LogP contribution in [0, 0.1) is 0 Å². The fourth-order valence-electron chi connectivity index (χ4n) is 2.91. The first kappa shape index (κ1) is 18.9. The molecule has 3 rings (SSSR count). The summed E-state index contributed by atoms with van der Waals surface area (Å²) < 4.78 is 28.1. The largest absolute Gasteiger partial charge is 0.352 e.